The molecule has 3 rings (SSSR count). The van der Waals surface area contributed by atoms with E-state index in [1.54, 1.807) is 19.9 Å². The van der Waals surface area contributed by atoms with Crippen molar-refractivity contribution in [3.8, 4) is 11.5 Å². The van der Waals surface area contributed by atoms with E-state index in [9.17, 15) is 18.0 Å². The second kappa shape index (κ2) is 9.25. The Morgan fingerprint density at radius 2 is 1.77 bits per heavy atom. The van der Waals surface area contributed by atoms with Crippen molar-refractivity contribution in [1.29, 1.82) is 0 Å². The van der Waals surface area contributed by atoms with E-state index in [0.717, 1.165) is 4.31 Å². The van der Waals surface area contributed by atoms with Gasteiger partial charge in [0.05, 0.1) is 29.9 Å². The van der Waals surface area contributed by atoms with E-state index in [2.05, 4.69) is 0 Å². The Morgan fingerprint density at radius 1 is 1.06 bits per heavy atom. The summed E-state index contributed by atoms with van der Waals surface area (Å²) in [6.45, 7) is 3.49. The molecule has 1 heterocycles. The van der Waals surface area contributed by atoms with Gasteiger partial charge < -0.3 is 18.9 Å². The molecular formula is C21H23NO8S. The fraction of sp³-hybridized carbons (Fsp3) is 0.333. The van der Waals surface area contributed by atoms with Crippen LogP contribution in [-0.2, 0) is 24.3 Å². The fourth-order valence-electron chi connectivity index (χ4n) is 3.06. The van der Waals surface area contributed by atoms with Crippen molar-refractivity contribution in [2.75, 3.05) is 37.8 Å². The van der Waals surface area contributed by atoms with Crippen LogP contribution in [0.5, 0.6) is 11.5 Å². The standard InChI is InChI=1S/C21H23NO8S/c1-4-28-20(23)13-22(17-11-15(21(24)27-3)6-5-14(17)2)31(25,26)16-7-8-18-19(12-16)30-10-9-29-18/h5-8,11-12H,4,9-10,13H2,1-3H3. The van der Waals surface area contributed by atoms with Gasteiger partial charge in [-0.3, -0.25) is 9.10 Å². The lowest BCUT2D eigenvalue weighted by atomic mass is 10.1. The monoisotopic (exact) mass is 449 g/mol. The Bertz CT molecular complexity index is 1100. The minimum Gasteiger partial charge on any atom is -0.486 e. The molecule has 0 atom stereocenters. The summed E-state index contributed by atoms with van der Waals surface area (Å²) in [5.74, 6) is -0.630. The molecule has 0 bridgehead atoms. The number of ether oxygens (including phenoxy) is 4. The van der Waals surface area contributed by atoms with Gasteiger partial charge in [-0.25, -0.2) is 13.2 Å². The van der Waals surface area contributed by atoms with Crippen LogP contribution in [0.2, 0.25) is 0 Å². The number of esters is 2. The Labute approximate surface area is 180 Å². The largest absolute Gasteiger partial charge is 0.486 e. The van der Waals surface area contributed by atoms with Crippen LogP contribution in [0, 0.1) is 6.92 Å². The fourth-order valence-corrected chi connectivity index (χ4v) is 4.54. The Morgan fingerprint density at radius 3 is 2.45 bits per heavy atom. The number of anilines is 1. The molecule has 10 heteroatoms. The van der Waals surface area contributed by atoms with Gasteiger partial charge in [-0.1, -0.05) is 6.07 Å². The van der Waals surface area contributed by atoms with Gasteiger partial charge >= 0.3 is 11.9 Å². The number of hydrogen-bond acceptors (Lipinski definition) is 8. The summed E-state index contributed by atoms with van der Waals surface area (Å²) < 4.78 is 48.7. The van der Waals surface area contributed by atoms with E-state index >= 15 is 0 Å². The number of benzene rings is 2. The second-order valence-corrected chi connectivity index (χ2v) is 8.48. The number of sulfonamides is 1. The van der Waals surface area contributed by atoms with E-state index in [4.69, 9.17) is 18.9 Å². The SMILES string of the molecule is CCOC(=O)CN(c1cc(C(=O)OC)ccc1C)S(=O)(=O)c1ccc2c(c1)OCCO2. The summed E-state index contributed by atoms with van der Waals surface area (Å²) >= 11 is 0. The van der Waals surface area contributed by atoms with Gasteiger partial charge in [0.2, 0.25) is 0 Å². The van der Waals surface area contributed by atoms with Crippen LogP contribution in [0.25, 0.3) is 0 Å². The maximum atomic E-state index is 13.6. The third-order valence-corrected chi connectivity index (χ3v) is 6.33. The lowest BCUT2D eigenvalue weighted by molar-refractivity contribution is -0.141. The highest BCUT2D eigenvalue weighted by molar-refractivity contribution is 7.92. The number of fused-ring (bicyclic) bond motifs is 1. The Hall–Kier alpha value is -3.27. The molecule has 0 aromatic heterocycles. The summed E-state index contributed by atoms with van der Waals surface area (Å²) in [7, 11) is -3.00. The van der Waals surface area contributed by atoms with Gasteiger partial charge in [-0.05, 0) is 43.7 Å². The highest BCUT2D eigenvalue weighted by Gasteiger charge is 2.31. The molecule has 0 radical (unpaired) electrons. The van der Waals surface area contributed by atoms with E-state index < -0.39 is 28.5 Å². The maximum Gasteiger partial charge on any atom is 0.337 e. The van der Waals surface area contributed by atoms with Crippen molar-refractivity contribution in [1.82, 2.24) is 0 Å². The van der Waals surface area contributed by atoms with E-state index in [1.165, 1.54) is 37.4 Å². The Kier molecular flexibility index (Phi) is 6.69. The lowest BCUT2D eigenvalue weighted by Crippen LogP contribution is -2.37. The third kappa shape index (κ3) is 4.74. The molecule has 2 aromatic carbocycles. The molecular weight excluding hydrogens is 426 g/mol. The summed E-state index contributed by atoms with van der Waals surface area (Å²) in [5, 5.41) is 0. The van der Waals surface area contributed by atoms with Crippen LogP contribution >= 0.6 is 0 Å². The zero-order valence-electron chi connectivity index (χ0n) is 17.4. The van der Waals surface area contributed by atoms with Crippen LogP contribution in [0.1, 0.15) is 22.8 Å². The van der Waals surface area contributed by atoms with Crippen molar-refractivity contribution in [3.63, 3.8) is 0 Å². The summed E-state index contributed by atoms with van der Waals surface area (Å²) in [4.78, 5) is 24.2. The van der Waals surface area contributed by atoms with Crippen molar-refractivity contribution in [2.24, 2.45) is 0 Å². The average molecular weight is 449 g/mol. The van der Waals surface area contributed by atoms with Gasteiger partial charge in [0.25, 0.3) is 10.0 Å². The molecule has 0 amide bonds. The Balaban J connectivity index is 2.11. The maximum absolute atomic E-state index is 13.6. The van der Waals surface area contributed by atoms with Crippen LogP contribution in [0.4, 0.5) is 5.69 Å². The number of aryl methyl sites for hydroxylation is 1. The first-order valence-electron chi connectivity index (χ1n) is 9.55. The quantitative estimate of drug-likeness (QED) is 0.593. The predicted octanol–water partition coefficient (Wildman–Crippen LogP) is 2.31. The molecule has 0 saturated carbocycles. The number of hydrogen-bond donors (Lipinski definition) is 0. The zero-order valence-corrected chi connectivity index (χ0v) is 18.2. The second-order valence-electron chi connectivity index (χ2n) is 6.62. The smallest absolute Gasteiger partial charge is 0.337 e. The molecule has 1 aliphatic rings. The molecule has 1 aliphatic heterocycles. The zero-order chi connectivity index (χ0) is 22.6. The minimum absolute atomic E-state index is 0.0936. The normalized spacial score (nSPS) is 12.7. The molecule has 2 aromatic rings. The minimum atomic E-state index is -4.23. The molecule has 0 aliphatic carbocycles. The van der Waals surface area contributed by atoms with Crippen molar-refractivity contribution in [3.05, 3.63) is 47.5 Å². The van der Waals surface area contributed by atoms with Gasteiger partial charge in [0, 0.05) is 6.07 Å². The van der Waals surface area contributed by atoms with Crippen LogP contribution < -0.4 is 13.8 Å². The summed E-state index contributed by atoms with van der Waals surface area (Å²) in [5.41, 5.74) is 0.846. The molecule has 0 unspecified atom stereocenters. The molecule has 9 nitrogen and oxygen atoms in total. The van der Waals surface area contributed by atoms with Crippen molar-refractivity contribution < 1.29 is 37.0 Å². The molecule has 31 heavy (non-hydrogen) atoms. The third-order valence-electron chi connectivity index (χ3n) is 4.58. The molecule has 0 saturated heterocycles. The average Bonchev–Trinajstić information content (AvgIpc) is 2.77. The van der Waals surface area contributed by atoms with Crippen molar-refractivity contribution >= 4 is 27.6 Å². The molecule has 0 N–H and O–H groups in total. The summed E-state index contributed by atoms with van der Waals surface area (Å²) in [6.07, 6.45) is 0. The van der Waals surface area contributed by atoms with Gasteiger partial charge in [0.15, 0.2) is 11.5 Å². The number of rotatable bonds is 7. The van der Waals surface area contributed by atoms with Gasteiger partial charge in [-0.2, -0.15) is 0 Å². The predicted molar refractivity (Wildman–Crippen MR) is 111 cm³/mol. The van der Waals surface area contributed by atoms with Crippen LogP contribution in [0.15, 0.2) is 41.3 Å². The highest BCUT2D eigenvalue weighted by atomic mass is 32.2. The number of nitrogens with zero attached hydrogens (tertiary/aromatic N) is 1. The van der Waals surface area contributed by atoms with Gasteiger partial charge in [0.1, 0.15) is 19.8 Å². The first-order chi connectivity index (χ1) is 14.8. The molecule has 166 valence electrons. The molecule has 0 fully saturated rings. The first-order valence-corrected chi connectivity index (χ1v) is 11.0. The topological polar surface area (TPSA) is 108 Å². The van der Waals surface area contributed by atoms with Crippen molar-refractivity contribution in [2.45, 2.75) is 18.7 Å². The van der Waals surface area contributed by atoms with E-state index in [0.29, 0.717) is 30.3 Å². The molecule has 0 spiro atoms. The van der Waals surface area contributed by atoms with Gasteiger partial charge in [-0.15, -0.1) is 0 Å². The highest BCUT2D eigenvalue weighted by Crippen LogP contribution is 2.35. The van der Waals surface area contributed by atoms with Crippen LogP contribution in [-0.4, -0.2) is 53.8 Å². The number of carbonyl (C=O) groups is 2. The summed E-state index contributed by atoms with van der Waals surface area (Å²) in [6, 6.07) is 8.70. The van der Waals surface area contributed by atoms with Crippen LogP contribution in [0.3, 0.4) is 0 Å². The van der Waals surface area contributed by atoms with E-state index in [1.807, 2.05) is 0 Å². The number of methoxy groups -OCH3 is 1. The number of carbonyl (C=O) groups excluding carboxylic acids is 2. The van der Waals surface area contributed by atoms with E-state index in [-0.39, 0.29) is 22.8 Å². The lowest BCUT2D eigenvalue weighted by Gasteiger charge is -2.26. The first kappa shape index (κ1) is 22.4.